The van der Waals surface area contributed by atoms with Crippen LogP contribution in [-0.4, -0.2) is 42.5 Å². The minimum atomic E-state index is 0. The van der Waals surface area contributed by atoms with Gasteiger partial charge in [0.15, 0.2) is 0 Å². The Balaban J connectivity index is 0.00000112. The molecule has 0 unspecified atom stereocenters. The predicted octanol–water partition coefficient (Wildman–Crippen LogP) is 0.110. The zero-order chi connectivity index (χ0) is 9.97. The van der Waals surface area contributed by atoms with Gasteiger partial charge in [0.05, 0.1) is 6.04 Å². The van der Waals surface area contributed by atoms with E-state index >= 15 is 0 Å². The number of likely N-dealkylation sites (tertiary alicyclic amines) is 1. The third-order valence-corrected chi connectivity index (χ3v) is 3.14. The van der Waals surface area contributed by atoms with Gasteiger partial charge in [-0.25, -0.2) is 0 Å². The molecule has 0 aromatic rings. The number of hydrogen-bond acceptors (Lipinski definition) is 3. The Hall–Kier alpha value is -0.320. The standard InChI is InChI=1S/C10H19N3O.ClH/c11-8-4-6-13(7-8)10(14)9-3-1-2-5-12-9;/h8-9,12H,1-7,11H2;1H/t8-,9-;/m0./s1. The van der Waals surface area contributed by atoms with E-state index in [9.17, 15) is 4.79 Å². The topological polar surface area (TPSA) is 58.4 Å². The van der Waals surface area contributed by atoms with Crippen molar-refractivity contribution in [2.24, 2.45) is 5.73 Å². The number of nitrogens with two attached hydrogens (primary N) is 1. The van der Waals surface area contributed by atoms with Crippen molar-refractivity contribution in [1.29, 1.82) is 0 Å². The number of carbonyl (C=O) groups excluding carboxylic acids is 1. The highest BCUT2D eigenvalue weighted by Gasteiger charge is 2.29. The Labute approximate surface area is 97.0 Å². The Morgan fingerprint density at radius 2 is 2.13 bits per heavy atom. The lowest BCUT2D eigenvalue weighted by molar-refractivity contribution is -0.133. The summed E-state index contributed by atoms with van der Waals surface area (Å²) < 4.78 is 0. The molecule has 2 aliphatic heterocycles. The first-order chi connectivity index (χ1) is 6.77. The van der Waals surface area contributed by atoms with Crippen LogP contribution in [0.4, 0.5) is 0 Å². The van der Waals surface area contributed by atoms with E-state index in [2.05, 4.69) is 5.32 Å². The molecule has 3 N–H and O–H groups in total. The largest absolute Gasteiger partial charge is 0.340 e. The molecule has 0 radical (unpaired) electrons. The number of piperidine rings is 1. The van der Waals surface area contributed by atoms with Crippen molar-refractivity contribution in [3.63, 3.8) is 0 Å². The lowest BCUT2D eigenvalue weighted by atomic mass is 10.0. The average molecular weight is 234 g/mol. The average Bonchev–Trinajstić information content (AvgIpc) is 2.65. The Morgan fingerprint density at radius 1 is 1.33 bits per heavy atom. The quantitative estimate of drug-likeness (QED) is 0.676. The summed E-state index contributed by atoms with van der Waals surface area (Å²) in [4.78, 5) is 13.9. The van der Waals surface area contributed by atoms with Crippen molar-refractivity contribution in [3.05, 3.63) is 0 Å². The fourth-order valence-corrected chi connectivity index (χ4v) is 2.27. The summed E-state index contributed by atoms with van der Waals surface area (Å²) >= 11 is 0. The molecule has 2 heterocycles. The number of carbonyl (C=O) groups is 1. The molecule has 0 aliphatic carbocycles. The van der Waals surface area contributed by atoms with Crippen molar-refractivity contribution in [2.45, 2.75) is 37.8 Å². The van der Waals surface area contributed by atoms with Crippen molar-refractivity contribution in [3.8, 4) is 0 Å². The third-order valence-electron chi connectivity index (χ3n) is 3.14. The minimum Gasteiger partial charge on any atom is -0.340 e. The highest BCUT2D eigenvalue weighted by molar-refractivity contribution is 5.85. The van der Waals surface area contributed by atoms with E-state index < -0.39 is 0 Å². The molecule has 0 bridgehead atoms. The van der Waals surface area contributed by atoms with Gasteiger partial charge in [-0.05, 0) is 25.8 Å². The lowest BCUT2D eigenvalue weighted by Crippen LogP contribution is -2.48. The second-order valence-corrected chi connectivity index (χ2v) is 4.34. The molecule has 1 amide bonds. The summed E-state index contributed by atoms with van der Waals surface area (Å²) in [6.45, 7) is 2.57. The van der Waals surface area contributed by atoms with E-state index in [-0.39, 0.29) is 30.4 Å². The van der Waals surface area contributed by atoms with E-state index in [0.29, 0.717) is 0 Å². The van der Waals surface area contributed by atoms with Gasteiger partial charge in [0, 0.05) is 19.1 Å². The molecule has 2 fully saturated rings. The van der Waals surface area contributed by atoms with Crippen LogP contribution in [0.1, 0.15) is 25.7 Å². The normalized spacial score (nSPS) is 31.1. The minimum absolute atomic E-state index is 0. The maximum Gasteiger partial charge on any atom is 0.239 e. The van der Waals surface area contributed by atoms with E-state index in [0.717, 1.165) is 32.5 Å². The van der Waals surface area contributed by atoms with E-state index in [1.807, 2.05) is 4.90 Å². The molecular formula is C10H20ClN3O. The van der Waals surface area contributed by atoms with Gasteiger partial charge in [0.25, 0.3) is 0 Å². The van der Waals surface area contributed by atoms with Crippen LogP contribution in [0, 0.1) is 0 Å². The van der Waals surface area contributed by atoms with Gasteiger partial charge in [0.1, 0.15) is 0 Å². The van der Waals surface area contributed by atoms with Gasteiger partial charge in [-0.2, -0.15) is 0 Å². The molecule has 0 aromatic heterocycles. The van der Waals surface area contributed by atoms with Crippen LogP contribution in [0.3, 0.4) is 0 Å². The van der Waals surface area contributed by atoms with Crippen molar-refractivity contribution in [1.82, 2.24) is 10.2 Å². The SMILES string of the molecule is Cl.N[C@H]1CCN(C(=O)[C@@H]2CCCCN2)C1. The maximum absolute atomic E-state index is 12.0. The number of nitrogens with one attached hydrogen (secondary N) is 1. The molecule has 2 saturated heterocycles. The Morgan fingerprint density at radius 3 is 2.67 bits per heavy atom. The second kappa shape index (κ2) is 5.68. The number of amides is 1. The molecule has 15 heavy (non-hydrogen) atoms. The summed E-state index contributed by atoms with van der Waals surface area (Å²) in [7, 11) is 0. The van der Waals surface area contributed by atoms with E-state index in [1.54, 1.807) is 0 Å². The first-order valence-electron chi connectivity index (χ1n) is 5.55. The fraction of sp³-hybridized carbons (Fsp3) is 0.900. The highest BCUT2D eigenvalue weighted by atomic mass is 35.5. The molecule has 0 spiro atoms. The van der Waals surface area contributed by atoms with Gasteiger partial charge in [-0.15, -0.1) is 12.4 Å². The van der Waals surface area contributed by atoms with Gasteiger partial charge >= 0.3 is 0 Å². The van der Waals surface area contributed by atoms with Crippen LogP contribution in [0.5, 0.6) is 0 Å². The zero-order valence-corrected chi connectivity index (χ0v) is 9.76. The van der Waals surface area contributed by atoms with Crippen molar-refractivity contribution < 1.29 is 4.79 Å². The van der Waals surface area contributed by atoms with E-state index in [4.69, 9.17) is 5.73 Å². The predicted molar refractivity (Wildman–Crippen MR) is 62.1 cm³/mol. The van der Waals surface area contributed by atoms with Gasteiger partial charge in [-0.3, -0.25) is 4.79 Å². The van der Waals surface area contributed by atoms with Crippen LogP contribution in [0.25, 0.3) is 0 Å². The summed E-state index contributed by atoms with van der Waals surface area (Å²) in [5.74, 6) is 0.262. The number of hydrogen-bond donors (Lipinski definition) is 2. The molecule has 5 heteroatoms. The lowest BCUT2D eigenvalue weighted by Gasteiger charge is -2.27. The molecule has 88 valence electrons. The smallest absolute Gasteiger partial charge is 0.239 e. The van der Waals surface area contributed by atoms with Crippen LogP contribution in [0.2, 0.25) is 0 Å². The maximum atomic E-state index is 12.0. The summed E-state index contributed by atoms with van der Waals surface area (Å²) in [6.07, 6.45) is 4.32. The number of rotatable bonds is 1. The molecule has 4 nitrogen and oxygen atoms in total. The summed E-state index contributed by atoms with van der Waals surface area (Å²) in [6, 6.07) is 0.261. The Kier molecular flexibility index (Phi) is 4.83. The molecule has 2 aliphatic rings. The first kappa shape index (κ1) is 12.7. The van der Waals surface area contributed by atoms with Gasteiger partial charge in [0.2, 0.25) is 5.91 Å². The van der Waals surface area contributed by atoms with Crippen molar-refractivity contribution >= 4 is 18.3 Å². The molecule has 2 atom stereocenters. The van der Waals surface area contributed by atoms with Crippen LogP contribution in [-0.2, 0) is 4.79 Å². The molecule has 0 saturated carbocycles. The molecule has 2 rings (SSSR count). The molecule has 0 aromatic carbocycles. The van der Waals surface area contributed by atoms with Crippen LogP contribution >= 0.6 is 12.4 Å². The number of nitrogens with zero attached hydrogens (tertiary/aromatic N) is 1. The van der Waals surface area contributed by atoms with Gasteiger partial charge in [-0.1, -0.05) is 6.42 Å². The highest BCUT2D eigenvalue weighted by Crippen LogP contribution is 2.13. The monoisotopic (exact) mass is 233 g/mol. The van der Waals surface area contributed by atoms with E-state index in [1.165, 1.54) is 12.8 Å². The van der Waals surface area contributed by atoms with Crippen molar-refractivity contribution in [2.75, 3.05) is 19.6 Å². The second-order valence-electron chi connectivity index (χ2n) is 4.34. The third kappa shape index (κ3) is 3.06. The number of halogens is 1. The summed E-state index contributed by atoms with van der Waals surface area (Å²) in [5, 5.41) is 3.28. The van der Waals surface area contributed by atoms with Crippen LogP contribution < -0.4 is 11.1 Å². The first-order valence-corrected chi connectivity index (χ1v) is 5.55. The summed E-state index contributed by atoms with van der Waals surface area (Å²) in [5.41, 5.74) is 5.78. The Bertz CT molecular complexity index is 212. The fourth-order valence-electron chi connectivity index (χ4n) is 2.27. The molecular weight excluding hydrogens is 214 g/mol. The van der Waals surface area contributed by atoms with Gasteiger partial charge < -0.3 is 16.0 Å². The van der Waals surface area contributed by atoms with Crippen LogP contribution in [0.15, 0.2) is 0 Å². The zero-order valence-electron chi connectivity index (χ0n) is 8.95.